The lowest BCUT2D eigenvalue weighted by Crippen LogP contribution is -2.45. The molecule has 0 unspecified atom stereocenters. The van der Waals surface area contributed by atoms with E-state index in [0.29, 0.717) is 46.7 Å². The van der Waals surface area contributed by atoms with Gasteiger partial charge in [0.25, 0.3) is 17.7 Å². The van der Waals surface area contributed by atoms with Gasteiger partial charge in [0, 0.05) is 46.1 Å². The first-order valence-corrected chi connectivity index (χ1v) is 21.4. The lowest BCUT2D eigenvalue weighted by Gasteiger charge is -2.31. The SMILES string of the molecule is C[C@H]1[C@H]([Si](C)(C)F)[C@@H](CC(=O)N2CCC[C@H]2CO)O[C@]12C(=O)N(Cc1cccc(NC(=O)c3ccccc3)c1)c1ccc(NC(=O)c3ccccc3)cc12. The molecule has 280 valence electrons. The van der Waals surface area contributed by atoms with Gasteiger partial charge in [-0.3, -0.25) is 19.2 Å². The number of likely N-dealkylation sites (tertiary alicyclic amines) is 1. The molecular weight excluding hydrogens is 704 g/mol. The predicted molar refractivity (Wildman–Crippen MR) is 207 cm³/mol. The number of halogens is 1. The number of fused-ring (bicyclic) bond motifs is 2. The minimum atomic E-state index is -3.58. The van der Waals surface area contributed by atoms with Crippen LogP contribution in [0.15, 0.2) is 103 Å². The van der Waals surface area contributed by atoms with Gasteiger partial charge >= 0.3 is 0 Å². The summed E-state index contributed by atoms with van der Waals surface area (Å²) in [5, 5.41) is 15.8. The van der Waals surface area contributed by atoms with Crippen LogP contribution in [0.5, 0.6) is 0 Å². The summed E-state index contributed by atoms with van der Waals surface area (Å²) in [4.78, 5) is 58.3. The summed E-state index contributed by atoms with van der Waals surface area (Å²) < 4.78 is 23.4. The van der Waals surface area contributed by atoms with E-state index >= 15 is 8.90 Å². The quantitative estimate of drug-likeness (QED) is 0.120. The van der Waals surface area contributed by atoms with Gasteiger partial charge in [-0.15, -0.1) is 0 Å². The zero-order valence-corrected chi connectivity index (χ0v) is 31.6. The van der Waals surface area contributed by atoms with Crippen LogP contribution in [0, 0.1) is 5.92 Å². The van der Waals surface area contributed by atoms with E-state index < -0.39 is 31.6 Å². The van der Waals surface area contributed by atoms with Crippen LogP contribution < -0.4 is 15.5 Å². The Morgan fingerprint density at radius 1 is 0.889 bits per heavy atom. The average Bonchev–Trinajstić information content (AvgIpc) is 3.82. The van der Waals surface area contributed by atoms with E-state index in [1.165, 1.54) is 0 Å². The van der Waals surface area contributed by atoms with Crippen LogP contribution in [0.2, 0.25) is 18.6 Å². The van der Waals surface area contributed by atoms with Gasteiger partial charge in [-0.05, 0) is 86.1 Å². The second-order valence-corrected chi connectivity index (χ2v) is 18.8. The van der Waals surface area contributed by atoms with Crippen molar-refractivity contribution in [1.82, 2.24) is 4.90 Å². The number of nitrogens with one attached hydrogen (secondary N) is 2. The van der Waals surface area contributed by atoms with Gasteiger partial charge in [0.05, 0.1) is 37.4 Å². The zero-order chi connectivity index (χ0) is 38.2. The lowest BCUT2D eigenvalue weighted by molar-refractivity contribution is -0.150. The number of amides is 4. The number of nitrogens with zero attached hydrogens (tertiary/aromatic N) is 2. The van der Waals surface area contributed by atoms with Gasteiger partial charge in [0.1, 0.15) is 0 Å². The van der Waals surface area contributed by atoms with E-state index in [1.807, 2.05) is 31.2 Å². The Balaban J connectivity index is 1.25. The number of rotatable bonds is 10. The minimum Gasteiger partial charge on any atom is -0.394 e. The molecule has 1 spiro atoms. The van der Waals surface area contributed by atoms with Crippen molar-refractivity contribution in [2.24, 2.45) is 5.92 Å². The second kappa shape index (κ2) is 14.9. The maximum atomic E-state index is 16.5. The largest absolute Gasteiger partial charge is 0.394 e. The monoisotopic (exact) mass is 748 g/mol. The zero-order valence-electron chi connectivity index (χ0n) is 30.6. The number of benzene rings is 4. The lowest BCUT2D eigenvalue weighted by atomic mass is 9.82. The van der Waals surface area contributed by atoms with Crippen LogP contribution in [0.25, 0.3) is 0 Å². The molecule has 54 heavy (non-hydrogen) atoms. The Morgan fingerprint density at radius 2 is 1.52 bits per heavy atom. The van der Waals surface area contributed by atoms with Crippen molar-refractivity contribution >= 4 is 49.1 Å². The third-order valence-electron chi connectivity index (χ3n) is 11.1. The molecule has 0 aliphatic carbocycles. The summed E-state index contributed by atoms with van der Waals surface area (Å²) in [6.45, 7) is 5.47. The molecule has 12 heteroatoms. The Morgan fingerprint density at radius 3 is 2.13 bits per heavy atom. The Kier molecular flexibility index (Phi) is 10.3. The average molecular weight is 749 g/mol. The van der Waals surface area contributed by atoms with Crippen molar-refractivity contribution in [3.63, 3.8) is 0 Å². The maximum Gasteiger partial charge on any atom is 0.264 e. The summed E-state index contributed by atoms with van der Waals surface area (Å²) in [7, 11) is -3.58. The molecule has 0 bridgehead atoms. The van der Waals surface area contributed by atoms with Gasteiger partial charge in [0.15, 0.2) is 5.60 Å². The molecule has 4 aromatic carbocycles. The molecule has 3 aliphatic rings. The molecule has 2 saturated heterocycles. The van der Waals surface area contributed by atoms with Gasteiger partial charge < -0.3 is 34.4 Å². The summed E-state index contributed by atoms with van der Waals surface area (Å²) in [5.74, 6) is -1.88. The highest BCUT2D eigenvalue weighted by molar-refractivity contribution is 6.72. The van der Waals surface area contributed by atoms with E-state index in [1.54, 1.807) is 102 Å². The summed E-state index contributed by atoms with van der Waals surface area (Å²) in [5.41, 5.74) is 1.38. The summed E-state index contributed by atoms with van der Waals surface area (Å²) in [6, 6.07) is 29.8. The Bertz CT molecular complexity index is 2060. The molecule has 3 N–H and O–H groups in total. The predicted octanol–water partition coefficient (Wildman–Crippen LogP) is 6.89. The molecule has 4 amide bonds. The van der Waals surface area contributed by atoms with Crippen LogP contribution in [-0.2, 0) is 26.5 Å². The van der Waals surface area contributed by atoms with Gasteiger partial charge in [-0.1, -0.05) is 55.5 Å². The highest BCUT2D eigenvalue weighted by atomic mass is 28.4. The Labute approximate surface area is 315 Å². The van der Waals surface area contributed by atoms with Crippen molar-refractivity contribution < 1.29 is 33.1 Å². The first kappa shape index (κ1) is 37.2. The number of ether oxygens (including phenoxy) is 1. The van der Waals surface area contributed by atoms with E-state index in [-0.39, 0.29) is 49.2 Å². The first-order valence-electron chi connectivity index (χ1n) is 18.5. The van der Waals surface area contributed by atoms with Crippen molar-refractivity contribution in [2.45, 2.75) is 69.1 Å². The number of aliphatic hydroxyl groups is 1. The molecule has 5 atom stereocenters. The molecule has 0 radical (unpaired) electrons. The third-order valence-corrected chi connectivity index (χ3v) is 13.6. The number of anilines is 3. The van der Waals surface area contributed by atoms with E-state index in [9.17, 15) is 19.5 Å². The topological polar surface area (TPSA) is 128 Å². The third kappa shape index (κ3) is 6.96. The fraction of sp³-hybridized carbons (Fsp3) is 0.333. The Hall–Kier alpha value is -5.17. The highest BCUT2D eigenvalue weighted by Gasteiger charge is 2.67. The van der Waals surface area contributed by atoms with Gasteiger partial charge in [-0.2, -0.15) is 0 Å². The van der Waals surface area contributed by atoms with Crippen molar-refractivity contribution in [2.75, 3.05) is 28.7 Å². The molecule has 10 nitrogen and oxygen atoms in total. The number of hydrogen-bond donors (Lipinski definition) is 3. The van der Waals surface area contributed by atoms with Crippen LogP contribution >= 0.6 is 0 Å². The molecule has 3 heterocycles. The summed E-state index contributed by atoms with van der Waals surface area (Å²) >= 11 is 0. The van der Waals surface area contributed by atoms with Crippen LogP contribution in [0.4, 0.5) is 21.2 Å². The fourth-order valence-electron chi connectivity index (χ4n) is 8.64. The standard InChI is InChI=1S/C42H45FN4O6Si/c1-27-38(54(2,3)43)36(24-37(49)46-21-11-18-33(46)26-48)53-42(27)34-23-32(45-40(51)30-15-8-5-9-16-30)19-20-35(34)47(41(42)52)25-28-12-10-17-31(22-28)44-39(50)29-13-6-4-7-14-29/h4-10,12-17,19-20,22-23,27,33,36,38,48H,11,18,21,24-26H2,1-3H3,(H,44,50)(H,45,51)/t27-,33-,36+,38-,42+/m0/s1. The minimum absolute atomic E-state index is 0.116. The number of carbonyl (C=O) groups excluding carboxylic acids is 4. The van der Waals surface area contributed by atoms with E-state index in [0.717, 1.165) is 12.0 Å². The van der Waals surface area contributed by atoms with Gasteiger partial charge in [-0.25, -0.2) is 0 Å². The van der Waals surface area contributed by atoms with Crippen LogP contribution in [0.1, 0.15) is 58.0 Å². The van der Waals surface area contributed by atoms with E-state index in [2.05, 4.69) is 10.6 Å². The molecule has 0 aromatic heterocycles. The smallest absolute Gasteiger partial charge is 0.264 e. The number of hydrogen-bond acceptors (Lipinski definition) is 6. The normalized spacial score (nSPS) is 23.5. The second-order valence-electron chi connectivity index (χ2n) is 15.0. The molecule has 0 saturated carbocycles. The number of aliphatic hydroxyl groups excluding tert-OH is 1. The molecule has 2 fully saturated rings. The molecular formula is C42H45FN4O6Si. The highest BCUT2D eigenvalue weighted by Crippen LogP contribution is 2.60. The summed E-state index contributed by atoms with van der Waals surface area (Å²) in [6.07, 6.45) is 0.445. The fourth-order valence-corrected chi connectivity index (χ4v) is 11.1. The molecule has 3 aliphatic heterocycles. The molecule has 7 rings (SSSR count). The van der Waals surface area contributed by atoms with Crippen LogP contribution in [-0.4, -0.2) is 67.3 Å². The van der Waals surface area contributed by atoms with Crippen molar-refractivity contribution in [1.29, 1.82) is 0 Å². The van der Waals surface area contributed by atoms with E-state index in [4.69, 9.17) is 4.74 Å². The van der Waals surface area contributed by atoms with Crippen molar-refractivity contribution in [3.05, 3.63) is 125 Å². The maximum absolute atomic E-state index is 16.5. The first-order chi connectivity index (χ1) is 25.9. The van der Waals surface area contributed by atoms with Crippen molar-refractivity contribution in [3.8, 4) is 0 Å². The molecule has 4 aromatic rings. The van der Waals surface area contributed by atoms with Gasteiger partial charge in [0.2, 0.25) is 14.3 Å². The van der Waals surface area contributed by atoms with Crippen LogP contribution in [0.3, 0.4) is 0 Å². The number of carbonyl (C=O) groups is 4.